The molecular weight excluding hydrogens is 410 g/mol. The molecule has 152 valence electrons. The average Bonchev–Trinajstić information content (AvgIpc) is 3.01. The van der Waals surface area contributed by atoms with Crippen LogP contribution in [0.4, 0.5) is 10.1 Å². The number of nitrogens with two attached hydrogens (primary N) is 1. The summed E-state index contributed by atoms with van der Waals surface area (Å²) in [5, 5.41) is 14.5. The number of benzene rings is 2. The first-order valence-corrected chi connectivity index (χ1v) is 9.84. The second-order valence-corrected chi connectivity index (χ2v) is 8.64. The van der Waals surface area contributed by atoms with Crippen molar-refractivity contribution in [1.29, 1.82) is 5.41 Å². The number of aromatic nitrogens is 1. The molecule has 0 bridgehead atoms. The fraction of sp³-hybridized carbons (Fsp3) is 0.238. The number of aliphatic carboxylic acids is 1. The maximum atomic E-state index is 13.7. The number of carboxylic acids is 1. The quantitative estimate of drug-likeness (QED) is 0.293. The highest BCUT2D eigenvalue weighted by Gasteiger charge is 2.35. The van der Waals surface area contributed by atoms with Gasteiger partial charge in [0.25, 0.3) is 5.97 Å². The van der Waals surface area contributed by atoms with Crippen molar-refractivity contribution in [2.75, 3.05) is 5.73 Å². The summed E-state index contributed by atoms with van der Waals surface area (Å²) in [6.07, 6.45) is -0.383. The number of anilines is 1. The van der Waals surface area contributed by atoms with Crippen molar-refractivity contribution in [3.63, 3.8) is 0 Å². The lowest BCUT2D eigenvalue weighted by Crippen LogP contribution is -2.30. The number of fused-ring (bicyclic) bond motifs is 1. The number of hydrogen-bond acceptors (Lipinski definition) is 3. The summed E-state index contributed by atoms with van der Waals surface area (Å²) >= 11 is 0. The maximum Gasteiger partial charge on any atom is 0.292 e. The van der Waals surface area contributed by atoms with Gasteiger partial charge in [0, 0.05) is 28.1 Å². The summed E-state index contributed by atoms with van der Waals surface area (Å²) in [6, 6.07) is 5.46. The number of halogens is 1. The zero-order valence-electron chi connectivity index (χ0n) is 18.2. The molecular formula is C21H16B6FN3O2. The van der Waals surface area contributed by atoms with E-state index in [1.54, 1.807) is 18.4 Å². The normalized spacial score (nSPS) is 12.2. The summed E-state index contributed by atoms with van der Waals surface area (Å²) in [5.41, 5.74) is 7.13. The summed E-state index contributed by atoms with van der Waals surface area (Å²) in [4.78, 5) is 11.7. The van der Waals surface area contributed by atoms with Gasteiger partial charge in [-0.2, -0.15) is 0 Å². The molecule has 5 nitrogen and oxygen atoms in total. The van der Waals surface area contributed by atoms with E-state index in [0.717, 1.165) is 0 Å². The van der Waals surface area contributed by atoms with Crippen molar-refractivity contribution in [2.24, 2.45) is 0 Å². The smallest absolute Gasteiger partial charge is 0.292 e. The van der Waals surface area contributed by atoms with Gasteiger partial charge < -0.3 is 20.8 Å². The highest BCUT2D eigenvalue weighted by Crippen LogP contribution is 2.39. The summed E-state index contributed by atoms with van der Waals surface area (Å²) in [7, 11) is 36.8. The van der Waals surface area contributed by atoms with E-state index >= 15 is 0 Å². The predicted molar refractivity (Wildman–Crippen MR) is 135 cm³/mol. The number of nitrogens with one attached hydrogen (secondary N) is 1. The van der Waals surface area contributed by atoms with Crippen molar-refractivity contribution >= 4 is 86.2 Å². The summed E-state index contributed by atoms with van der Waals surface area (Å²) in [5.74, 6) is -1.93. The molecule has 0 aliphatic carbocycles. The molecule has 4 N–H and O–H groups in total. The first-order valence-electron chi connectivity index (χ1n) is 9.84. The Bertz CT molecular complexity index is 1300. The molecule has 0 aliphatic heterocycles. The van der Waals surface area contributed by atoms with Gasteiger partial charge in [-0.3, -0.25) is 4.79 Å². The van der Waals surface area contributed by atoms with Gasteiger partial charge in [0.2, 0.25) is 0 Å². The maximum absolute atomic E-state index is 13.7. The van der Waals surface area contributed by atoms with Crippen molar-refractivity contribution in [3.05, 3.63) is 46.9 Å². The van der Waals surface area contributed by atoms with E-state index in [4.69, 9.17) is 58.2 Å². The van der Waals surface area contributed by atoms with E-state index in [2.05, 4.69) is 0 Å². The van der Waals surface area contributed by atoms with Gasteiger partial charge in [-0.25, -0.2) is 4.39 Å². The number of hydrogen-bond donors (Lipinski definition) is 3. The molecule has 0 unspecified atom stereocenters. The molecule has 33 heavy (non-hydrogen) atoms. The molecule has 0 atom stereocenters. The van der Waals surface area contributed by atoms with Gasteiger partial charge in [0.1, 0.15) is 29.4 Å². The molecule has 2 aromatic carbocycles. The highest BCUT2D eigenvalue weighted by atomic mass is 19.1. The van der Waals surface area contributed by atoms with Gasteiger partial charge >= 0.3 is 0 Å². The highest BCUT2D eigenvalue weighted by molar-refractivity contribution is 6.68. The van der Waals surface area contributed by atoms with Crippen LogP contribution in [0, 0.1) is 11.2 Å². The fourth-order valence-corrected chi connectivity index (χ4v) is 4.05. The SMILES string of the molecule is [B]C(=N)c1c(N)c([B])c2c(CC([B])([B])C(=O)O)c(C([B])(C)C)n(-c3ccc(F)cc3)c2c1[B]. The largest absolute Gasteiger partial charge is 0.482 e. The minimum atomic E-state index is -2.18. The van der Waals surface area contributed by atoms with Gasteiger partial charge in [-0.1, -0.05) is 24.8 Å². The van der Waals surface area contributed by atoms with Crippen LogP contribution in [0.3, 0.4) is 0 Å². The minimum absolute atomic E-state index is 0.00644. The number of nitrogen functional groups attached to an aromatic ring is 1. The third-order valence-corrected chi connectivity index (χ3v) is 5.46. The molecule has 0 amide bonds. The molecule has 12 radical (unpaired) electrons. The van der Waals surface area contributed by atoms with Gasteiger partial charge in [0.05, 0.1) is 23.5 Å². The monoisotopic (exact) mass is 427 g/mol. The lowest BCUT2D eigenvalue weighted by molar-refractivity contribution is -0.138. The molecule has 3 rings (SSSR count). The Morgan fingerprint density at radius 2 is 1.70 bits per heavy atom. The second kappa shape index (κ2) is 8.23. The van der Waals surface area contributed by atoms with Crippen LogP contribution in [0.5, 0.6) is 0 Å². The molecule has 1 heterocycles. The van der Waals surface area contributed by atoms with Crippen LogP contribution in [0.25, 0.3) is 16.6 Å². The molecule has 0 saturated heterocycles. The van der Waals surface area contributed by atoms with Crippen molar-refractivity contribution in [2.45, 2.75) is 30.8 Å². The first-order chi connectivity index (χ1) is 15.1. The van der Waals surface area contributed by atoms with Gasteiger partial charge in [-0.15, -0.1) is 0 Å². The molecule has 0 aliphatic rings. The Morgan fingerprint density at radius 1 is 1.15 bits per heavy atom. The Balaban J connectivity index is 2.66. The average molecular weight is 426 g/mol. The summed E-state index contributed by atoms with van der Waals surface area (Å²) in [6.45, 7) is 3.36. The summed E-state index contributed by atoms with van der Waals surface area (Å²) < 4.78 is 15.3. The van der Waals surface area contributed by atoms with E-state index in [0.29, 0.717) is 16.9 Å². The molecule has 3 aromatic rings. The molecule has 0 fully saturated rings. The van der Waals surface area contributed by atoms with Crippen molar-refractivity contribution in [3.8, 4) is 5.69 Å². The van der Waals surface area contributed by atoms with E-state index in [9.17, 15) is 14.3 Å². The zero-order chi connectivity index (χ0) is 25.0. The van der Waals surface area contributed by atoms with Crippen molar-refractivity contribution in [1.82, 2.24) is 4.57 Å². The van der Waals surface area contributed by atoms with E-state index < -0.39 is 27.9 Å². The molecule has 0 spiro atoms. The third kappa shape index (κ3) is 4.16. The minimum Gasteiger partial charge on any atom is -0.482 e. The lowest BCUT2D eigenvalue weighted by atomic mass is 9.51. The van der Waals surface area contributed by atoms with Crippen LogP contribution in [0.15, 0.2) is 24.3 Å². The number of nitrogens with zero attached hydrogens (tertiary/aromatic N) is 1. The molecule has 12 heteroatoms. The van der Waals surface area contributed by atoms with Gasteiger partial charge in [-0.05, 0) is 57.8 Å². The Hall–Kier alpha value is -2.76. The number of carbonyl (C=O) groups is 1. The van der Waals surface area contributed by atoms with Crippen LogP contribution in [-0.4, -0.2) is 68.3 Å². The number of rotatable bonds is 6. The van der Waals surface area contributed by atoms with Crippen LogP contribution >= 0.6 is 0 Å². The fourth-order valence-electron chi connectivity index (χ4n) is 4.05. The van der Waals surface area contributed by atoms with Crippen LogP contribution < -0.4 is 16.7 Å². The molecule has 1 aromatic heterocycles. The third-order valence-electron chi connectivity index (χ3n) is 5.46. The van der Waals surface area contributed by atoms with E-state index in [-0.39, 0.29) is 39.5 Å². The number of carboxylic acid groups (broad SMARTS) is 1. The molecule has 0 saturated carbocycles. The van der Waals surface area contributed by atoms with Gasteiger partial charge in [0.15, 0.2) is 0 Å². The zero-order valence-corrected chi connectivity index (χ0v) is 18.2. The first kappa shape index (κ1) is 24.9. The lowest BCUT2D eigenvalue weighted by Gasteiger charge is -2.28. The van der Waals surface area contributed by atoms with Crippen LogP contribution in [0.1, 0.15) is 30.7 Å². The Morgan fingerprint density at radius 3 is 2.15 bits per heavy atom. The Labute approximate surface area is 199 Å². The van der Waals surface area contributed by atoms with Crippen molar-refractivity contribution < 1.29 is 14.3 Å². The Kier molecular flexibility index (Phi) is 6.20. The topological polar surface area (TPSA) is 92.1 Å². The van der Waals surface area contributed by atoms with Crippen LogP contribution in [-0.2, 0) is 16.5 Å². The van der Waals surface area contributed by atoms with Crippen LogP contribution in [0.2, 0.25) is 5.21 Å². The van der Waals surface area contributed by atoms with E-state index in [1.807, 2.05) is 0 Å². The van der Waals surface area contributed by atoms with E-state index in [1.165, 1.54) is 24.3 Å². The standard InChI is InChI=1S/C21H16B6FN3O2/c1-20(2,25)17-10(7-21(26,27)19(32)33)11-13(22)15(29)12(18(24)30)14(23)16(11)31(17)9-5-3-8(28)4-6-9/h3-6,30H,7,29H2,1-2H3,(H,32,33). The second-order valence-electron chi connectivity index (χ2n) is 8.64. The predicted octanol–water partition coefficient (Wildman–Crippen LogP) is -0.0828.